The van der Waals surface area contributed by atoms with Gasteiger partial charge in [-0.3, -0.25) is 0 Å². The van der Waals surface area contributed by atoms with Crippen LogP contribution in [0.4, 0.5) is 17.6 Å². The molecule has 0 aliphatic rings. The summed E-state index contributed by atoms with van der Waals surface area (Å²) in [6, 6.07) is 4.38. The smallest absolute Gasteiger partial charge is 0.339 e. The molecule has 0 saturated carbocycles. The Kier molecular flexibility index (Phi) is 4.49. The van der Waals surface area contributed by atoms with Gasteiger partial charge in [-0.2, -0.15) is 8.78 Å². The van der Waals surface area contributed by atoms with Gasteiger partial charge in [0.2, 0.25) is 17.4 Å². The van der Waals surface area contributed by atoms with Crippen LogP contribution in [0.25, 0.3) is 0 Å². The van der Waals surface area contributed by atoms with Crippen LogP contribution in [0, 0.1) is 23.3 Å². The molecule has 0 atom stereocenters. The summed E-state index contributed by atoms with van der Waals surface area (Å²) in [5.41, 5.74) is -0.586. The topological polar surface area (TPSA) is 104 Å². The largest absolute Gasteiger partial charge is 0.744 e. The number of ether oxygens (including phenoxy) is 1. The fraction of sp³-hybridized carbons (Fsp3) is 0. The summed E-state index contributed by atoms with van der Waals surface area (Å²) >= 11 is 0. The third-order valence-electron chi connectivity index (χ3n) is 2.76. The van der Waals surface area contributed by atoms with Crippen molar-refractivity contribution < 1.29 is 45.2 Å². The summed E-state index contributed by atoms with van der Waals surface area (Å²) in [4.78, 5) is 8.63. The van der Waals surface area contributed by atoms with Gasteiger partial charge >= 0.3 is 5.97 Å². The van der Waals surface area contributed by atoms with E-state index in [2.05, 4.69) is 4.74 Å². The summed E-state index contributed by atoms with van der Waals surface area (Å²) < 4.78 is 91.5. The van der Waals surface area contributed by atoms with Crippen LogP contribution in [0.3, 0.4) is 0 Å². The van der Waals surface area contributed by atoms with Gasteiger partial charge in [0.25, 0.3) is 0 Å². The van der Waals surface area contributed by atoms with Crippen LogP contribution in [0.1, 0.15) is 10.4 Å². The van der Waals surface area contributed by atoms with Crippen molar-refractivity contribution in [2.24, 2.45) is 0 Å². The van der Waals surface area contributed by atoms with Crippen molar-refractivity contribution in [3.63, 3.8) is 0 Å². The molecule has 0 fully saturated rings. The van der Waals surface area contributed by atoms with E-state index in [4.69, 9.17) is 5.11 Å². The molecule has 2 aromatic rings. The molecular formula is C13H5F4O6S-. The number of rotatable bonds is 4. The first kappa shape index (κ1) is 17.7. The van der Waals surface area contributed by atoms with Gasteiger partial charge < -0.3 is 14.4 Å². The lowest BCUT2D eigenvalue weighted by Gasteiger charge is -2.15. The molecule has 0 aliphatic carbocycles. The van der Waals surface area contributed by atoms with E-state index >= 15 is 0 Å². The molecule has 0 spiro atoms. The van der Waals surface area contributed by atoms with E-state index in [1.165, 1.54) is 12.1 Å². The minimum absolute atomic E-state index is 0.586. The second-order valence-electron chi connectivity index (χ2n) is 4.27. The summed E-state index contributed by atoms with van der Waals surface area (Å²) in [6.45, 7) is 0. The lowest BCUT2D eigenvalue weighted by molar-refractivity contribution is 0.0694. The van der Waals surface area contributed by atoms with Crippen LogP contribution < -0.4 is 4.74 Å². The number of halogens is 4. The third kappa shape index (κ3) is 3.03. The van der Waals surface area contributed by atoms with Crippen LogP contribution >= 0.6 is 0 Å². The maximum Gasteiger partial charge on any atom is 0.339 e. The van der Waals surface area contributed by atoms with Gasteiger partial charge in [-0.25, -0.2) is 22.0 Å². The molecule has 0 amide bonds. The standard InChI is InChI=1S/C13H6F4O6S/c14-7-9(16)12(24(20,21)22)10(17)8(15)11(7)23-6-4-2-1-3-5(6)13(18)19/h1-4H,(H,18,19)(H,20,21,22)/p-1. The van der Waals surface area contributed by atoms with Gasteiger partial charge in [0.05, 0.1) is 0 Å². The van der Waals surface area contributed by atoms with Crippen LogP contribution in [0.15, 0.2) is 29.2 Å². The molecular weight excluding hydrogens is 360 g/mol. The Bertz CT molecular complexity index is 913. The van der Waals surface area contributed by atoms with Gasteiger partial charge in [-0.15, -0.1) is 0 Å². The molecule has 0 radical (unpaired) electrons. The number of carboxylic acid groups (broad SMARTS) is 1. The van der Waals surface area contributed by atoms with Crippen molar-refractivity contribution >= 4 is 16.1 Å². The van der Waals surface area contributed by atoms with Crippen molar-refractivity contribution in [2.75, 3.05) is 0 Å². The van der Waals surface area contributed by atoms with E-state index in [9.17, 15) is 35.3 Å². The quantitative estimate of drug-likeness (QED) is 0.507. The Morgan fingerprint density at radius 2 is 1.50 bits per heavy atom. The normalized spacial score (nSPS) is 11.4. The van der Waals surface area contributed by atoms with Crippen molar-refractivity contribution in [1.82, 2.24) is 0 Å². The van der Waals surface area contributed by atoms with E-state index in [-0.39, 0.29) is 0 Å². The van der Waals surface area contributed by atoms with E-state index < -0.39 is 61.3 Å². The predicted octanol–water partition coefficient (Wildman–Crippen LogP) is 2.64. The maximum atomic E-state index is 13.8. The lowest BCUT2D eigenvalue weighted by Crippen LogP contribution is -2.12. The fourth-order valence-corrected chi connectivity index (χ4v) is 2.36. The number of benzene rings is 2. The first-order chi connectivity index (χ1) is 11.1. The lowest BCUT2D eigenvalue weighted by atomic mass is 10.2. The molecule has 2 aromatic carbocycles. The Hall–Kier alpha value is -2.66. The number of aromatic carboxylic acids is 1. The Morgan fingerprint density at radius 3 is 1.96 bits per heavy atom. The van der Waals surface area contributed by atoms with Crippen molar-refractivity contribution in [3.05, 3.63) is 53.1 Å². The molecule has 6 nitrogen and oxygen atoms in total. The van der Waals surface area contributed by atoms with Crippen molar-refractivity contribution in [2.45, 2.75) is 4.90 Å². The molecule has 2 rings (SSSR count). The zero-order chi connectivity index (χ0) is 18.2. The van der Waals surface area contributed by atoms with Crippen molar-refractivity contribution in [1.29, 1.82) is 0 Å². The molecule has 11 heteroatoms. The van der Waals surface area contributed by atoms with E-state index in [1.54, 1.807) is 0 Å². The Morgan fingerprint density at radius 1 is 1.00 bits per heavy atom. The van der Waals surface area contributed by atoms with Crippen LogP contribution in [-0.2, 0) is 10.1 Å². The molecule has 0 saturated heterocycles. The molecule has 0 unspecified atom stereocenters. The molecule has 0 bridgehead atoms. The first-order valence-corrected chi connectivity index (χ1v) is 7.28. The summed E-state index contributed by atoms with van der Waals surface area (Å²) in [6.07, 6.45) is 0. The molecule has 0 aliphatic heterocycles. The minimum Gasteiger partial charge on any atom is -0.744 e. The highest BCUT2D eigenvalue weighted by Crippen LogP contribution is 2.36. The van der Waals surface area contributed by atoms with Gasteiger partial charge in [0, 0.05) is 0 Å². The maximum absolute atomic E-state index is 13.8. The number of hydrogen-bond acceptors (Lipinski definition) is 5. The average molecular weight is 365 g/mol. The molecule has 1 N–H and O–H groups in total. The number of para-hydroxylation sites is 1. The predicted molar refractivity (Wildman–Crippen MR) is 67.7 cm³/mol. The Labute approximate surface area is 131 Å². The molecule has 0 aromatic heterocycles. The SMILES string of the molecule is O=C(O)c1ccccc1Oc1c(F)c(F)c(S(=O)(=O)[O-])c(F)c1F. The van der Waals surface area contributed by atoms with E-state index in [0.717, 1.165) is 12.1 Å². The van der Waals surface area contributed by atoms with Crippen LogP contribution in [0.2, 0.25) is 0 Å². The van der Waals surface area contributed by atoms with Gasteiger partial charge in [0.1, 0.15) is 26.3 Å². The molecule has 24 heavy (non-hydrogen) atoms. The zero-order valence-corrected chi connectivity index (χ0v) is 12.0. The number of hydrogen-bond donors (Lipinski definition) is 1. The summed E-state index contributed by atoms with van der Waals surface area (Å²) in [5.74, 6) is -13.5. The van der Waals surface area contributed by atoms with Gasteiger partial charge in [-0.1, -0.05) is 12.1 Å². The van der Waals surface area contributed by atoms with Gasteiger partial charge in [-0.05, 0) is 12.1 Å². The van der Waals surface area contributed by atoms with Crippen LogP contribution in [-0.4, -0.2) is 24.0 Å². The summed E-state index contributed by atoms with van der Waals surface area (Å²) in [5, 5.41) is 8.91. The number of carbonyl (C=O) groups is 1. The highest BCUT2D eigenvalue weighted by atomic mass is 32.2. The Balaban J connectivity index is 2.69. The van der Waals surface area contributed by atoms with Gasteiger partial charge in [0.15, 0.2) is 11.6 Å². The highest BCUT2D eigenvalue weighted by Gasteiger charge is 2.30. The van der Waals surface area contributed by atoms with E-state index in [0.29, 0.717) is 0 Å². The zero-order valence-electron chi connectivity index (χ0n) is 11.2. The molecule has 128 valence electrons. The highest BCUT2D eigenvalue weighted by molar-refractivity contribution is 7.85. The first-order valence-electron chi connectivity index (χ1n) is 5.87. The fourth-order valence-electron chi connectivity index (χ4n) is 1.74. The number of carboxylic acids is 1. The van der Waals surface area contributed by atoms with Crippen LogP contribution in [0.5, 0.6) is 11.5 Å². The monoisotopic (exact) mass is 365 g/mol. The average Bonchev–Trinajstić information content (AvgIpc) is 2.48. The second-order valence-corrected chi connectivity index (χ2v) is 5.59. The molecule has 0 heterocycles. The summed E-state index contributed by atoms with van der Waals surface area (Å²) in [7, 11) is -5.85. The van der Waals surface area contributed by atoms with E-state index in [1.807, 2.05) is 0 Å². The minimum atomic E-state index is -5.85. The second kappa shape index (κ2) is 6.09. The third-order valence-corrected chi connectivity index (χ3v) is 3.62. The van der Waals surface area contributed by atoms with Crippen molar-refractivity contribution in [3.8, 4) is 11.5 Å².